The number of carbonyl (C=O) groups excluding carboxylic acids is 3. The Bertz CT molecular complexity index is 1960. The standard InChI is InChI=1S/C39H49FN6O6S/c1-8-25(33(41-9-2)23(4)50-7)34-27-18-38(5,6)20-52-36(48)28-12-11-15-46(44-28)35(47)29(43-37(49)39(40)21-51-22-39)17-32-42-30(19-53-32)24-13-14-31(26(27)16-24)45(34)10-3/h8-9,13-14,16,19,23,28-29,44H,1,10-12,15,17-18,20-22H2,2-7H3,(H,43,49)/b33-25+,41-9?/t23-,28-,29-/m0/s1. The predicted molar refractivity (Wildman–Crippen MR) is 203 cm³/mol. The number of ether oxygens (including phenoxy) is 3. The van der Waals surface area contributed by atoms with Crippen LogP contribution in [0, 0.1) is 5.41 Å². The van der Waals surface area contributed by atoms with Gasteiger partial charge >= 0.3 is 5.97 Å². The van der Waals surface area contributed by atoms with Crippen molar-refractivity contribution in [1.82, 2.24) is 25.3 Å². The van der Waals surface area contributed by atoms with E-state index in [4.69, 9.17) is 24.2 Å². The molecule has 6 bridgehead atoms. The molecule has 2 amide bonds. The summed E-state index contributed by atoms with van der Waals surface area (Å²) in [5, 5.41) is 7.50. The molecule has 3 aromatic rings. The Kier molecular flexibility index (Phi) is 11.3. The van der Waals surface area contributed by atoms with Crippen LogP contribution in [0.4, 0.5) is 4.39 Å². The van der Waals surface area contributed by atoms with Gasteiger partial charge in [-0.2, -0.15) is 0 Å². The second kappa shape index (κ2) is 15.6. The van der Waals surface area contributed by atoms with Gasteiger partial charge in [-0.15, -0.1) is 11.3 Å². The topological polar surface area (TPSA) is 136 Å². The molecule has 2 aromatic heterocycles. The van der Waals surface area contributed by atoms with Crippen molar-refractivity contribution in [1.29, 1.82) is 0 Å². The van der Waals surface area contributed by atoms with Crippen LogP contribution < -0.4 is 10.7 Å². The number of aromatic nitrogens is 2. The van der Waals surface area contributed by atoms with Crippen LogP contribution in [-0.4, -0.2) is 95.9 Å². The summed E-state index contributed by atoms with van der Waals surface area (Å²) < 4.78 is 34.1. The molecule has 0 spiro atoms. The van der Waals surface area contributed by atoms with Crippen molar-refractivity contribution in [2.45, 2.75) is 90.7 Å². The lowest BCUT2D eigenvalue weighted by Gasteiger charge is -2.37. The Morgan fingerprint density at radius 3 is 2.74 bits per heavy atom. The Morgan fingerprint density at radius 2 is 2.08 bits per heavy atom. The smallest absolute Gasteiger partial charge is 0.324 e. The molecule has 5 heterocycles. The third-order valence-electron chi connectivity index (χ3n) is 10.1. The monoisotopic (exact) mass is 748 g/mol. The van der Waals surface area contributed by atoms with Gasteiger partial charge in [0.25, 0.3) is 11.8 Å². The van der Waals surface area contributed by atoms with Crippen LogP contribution in [0.15, 0.2) is 46.9 Å². The van der Waals surface area contributed by atoms with Gasteiger partial charge < -0.3 is 24.1 Å². The summed E-state index contributed by atoms with van der Waals surface area (Å²) in [7, 11) is 1.66. The number of thiazole rings is 1. The summed E-state index contributed by atoms with van der Waals surface area (Å²) in [6.45, 7) is 14.6. The first-order chi connectivity index (χ1) is 25.3. The Labute approximate surface area is 313 Å². The first-order valence-electron chi connectivity index (χ1n) is 18.1. The van der Waals surface area contributed by atoms with Gasteiger partial charge in [0.15, 0.2) is 0 Å². The Balaban J connectivity index is 1.51. The fourth-order valence-electron chi connectivity index (χ4n) is 7.18. The Hall–Kier alpha value is -4.24. The van der Waals surface area contributed by atoms with E-state index in [1.54, 1.807) is 13.3 Å². The highest BCUT2D eigenvalue weighted by Crippen LogP contribution is 2.40. The van der Waals surface area contributed by atoms with Crippen molar-refractivity contribution < 1.29 is 33.0 Å². The van der Waals surface area contributed by atoms with Crippen LogP contribution in [0.1, 0.15) is 63.7 Å². The molecular formula is C39H49FN6O6S. The third-order valence-corrected chi connectivity index (χ3v) is 11.0. The zero-order valence-corrected chi connectivity index (χ0v) is 32.1. The number of aliphatic imine (C=N–C) groups is 1. The number of aryl methyl sites for hydroxylation is 1. The minimum atomic E-state index is -2.21. The van der Waals surface area contributed by atoms with Gasteiger partial charge in [0.05, 0.1) is 48.0 Å². The van der Waals surface area contributed by atoms with Crippen molar-refractivity contribution in [2.75, 3.05) is 33.5 Å². The molecule has 3 aliphatic rings. The number of fused-ring (bicyclic) bond motifs is 6. The van der Waals surface area contributed by atoms with Crippen molar-refractivity contribution in [3.8, 4) is 11.3 Å². The molecular weight excluding hydrogens is 700 g/mol. The average molecular weight is 749 g/mol. The van der Waals surface area contributed by atoms with E-state index in [0.29, 0.717) is 43.1 Å². The second-order valence-electron chi connectivity index (χ2n) is 14.6. The fraction of sp³-hybridized carbons (Fsp3) is 0.513. The summed E-state index contributed by atoms with van der Waals surface area (Å²) >= 11 is 1.36. The molecule has 2 saturated heterocycles. The first-order valence-corrected chi connectivity index (χ1v) is 19.0. The van der Waals surface area contributed by atoms with E-state index in [0.717, 1.165) is 39.0 Å². The number of esters is 1. The van der Waals surface area contributed by atoms with E-state index in [1.165, 1.54) is 16.3 Å². The summed E-state index contributed by atoms with van der Waals surface area (Å²) in [6.07, 6.45) is 4.85. The molecule has 2 fully saturated rings. The van der Waals surface area contributed by atoms with Gasteiger partial charge in [-0.1, -0.05) is 32.6 Å². The first kappa shape index (κ1) is 38.5. The van der Waals surface area contributed by atoms with Crippen molar-refractivity contribution in [3.63, 3.8) is 0 Å². The normalized spacial score (nSPS) is 22.8. The number of allylic oxidation sites excluding steroid dienone is 2. The lowest BCUT2D eigenvalue weighted by atomic mass is 9.84. The van der Waals surface area contributed by atoms with Crippen LogP contribution in [0.25, 0.3) is 27.7 Å². The molecule has 2 N–H and O–H groups in total. The summed E-state index contributed by atoms with van der Waals surface area (Å²) in [5.41, 5.74) is 6.53. The summed E-state index contributed by atoms with van der Waals surface area (Å²) in [4.78, 5) is 50.3. The highest BCUT2D eigenvalue weighted by atomic mass is 32.1. The SMILES string of the molecule is C=C/C(=C(\N=CC)[C@H](C)OC)c1c2c3cc(ccc3n1CC)-c1csc(n1)C[C@H](NC(=O)C1(F)COC1)C(=O)N1CCC[C@H](N1)C(=O)OCC(C)(C)C2. The van der Waals surface area contributed by atoms with E-state index in [1.807, 2.05) is 31.4 Å². The number of benzene rings is 1. The molecule has 0 saturated carbocycles. The van der Waals surface area contributed by atoms with Gasteiger partial charge in [-0.25, -0.2) is 14.8 Å². The van der Waals surface area contributed by atoms with E-state index in [-0.39, 0.29) is 32.3 Å². The molecule has 12 nitrogen and oxygen atoms in total. The average Bonchev–Trinajstić information content (AvgIpc) is 3.73. The molecule has 6 rings (SSSR count). The maximum absolute atomic E-state index is 15.1. The third kappa shape index (κ3) is 7.73. The molecule has 3 atom stereocenters. The van der Waals surface area contributed by atoms with Crippen LogP contribution in [-0.2, 0) is 48.0 Å². The number of nitrogens with zero attached hydrogens (tertiary/aromatic N) is 4. The number of nitrogens with one attached hydrogen (secondary N) is 2. The molecule has 3 aliphatic heterocycles. The number of methoxy groups -OCH3 is 1. The van der Waals surface area contributed by atoms with Crippen LogP contribution in [0.5, 0.6) is 0 Å². The number of amides is 2. The van der Waals surface area contributed by atoms with Gasteiger partial charge in [0, 0.05) is 65.7 Å². The van der Waals surface area contributed by atoms with E-state index in [9.17, 15) is 14.4 Å². The van der Waals surface area contributed by atoms with E-state index >= 15 is 4.39 Å². The molecule has 53 heavy (non-hydrogen) atoms. The molecule has 14 heteroatoms. The lowest BCUT2D eigenvalue weighted by molar-refractivity contribution is -0.169. The summed E-state index contributed by atoms with van der Waals surface area (Å²) in [6, 6.07) is 4.32. The van der Waals surface area contributed by atoms with E-state index < -0.39 is 41.0 Å². The zero-order valence-electron chi connectivity index (χ0n) is 31.3. The molecule has 0 aliphatic carbocycles. The molecule has 1 aromatic carbocycles. The maximum atomic E-state index is 15.1. The molecule has 0 unspecified atom stereocenters. The fourth-order valence-corrected chi connectivity index (χ4v) is 8.03. The van der Waals surface area contributed by atoms with Gasteiger partial charge in [-0.3, -0.25) is 24.4 Å². The lowest BCUT2D eigenvalue weighted by Crippen LogP contribution is -2.64. The minimum absolute atomic E-state index is 0.0312. The van der Waals surface area contributed by atoms with Gasteiger partial charge in [0.2, 0.25) is 5.67 Å². The number of rotatable bonds is 8. The predicted octanol–water partition coefficient (Wildman–Crippen LogP) is 5.19. The number of cyclic esters (lactones) is 1. The van der Waals surface area contributed by atoms with Gasteiger partial charge in [0.1, 0.15) is 12.1 Å². The number of hydrogen-bond donors (Lipinski definition) is 2. The number of alkyl halides is 1. The van der Waals surface area contributed by atoms with Gasteiger partial charge in [-0.05, 0) is 57.7 Å². The van der Waals surface area contributed by atoms with Crippen LogP contribution in [0.3, 0.4) is 0 Å². The number of hydrogen-bond acceptors (Lipinski definition) is 10. The maximum Gasteiger partial charge on any atom is 0.324 e. The summed E-state index contributed by atoms with van der Waals surface area (Å²) in [5.74, 6) is -1.88. The van der Waals surface area contributed by atoms with Crippen molar-refractivity contribution in [3.05, 3.63) is 58.2 Å². The van der Waals surface area contributed by atoms with Crippen LogP contribution in [0.2, 0.25) is 0 Å². The molecule has 284 valence electrons. The number of halogens is 1. The number of hydrazine groups is 1. The largest absolute Gasteiger partial charge is 0.464 e. The Morgan fingerprint density at radius 1 is 1.30 bits per heavy atom. The molecule has 0 radical (unpaired) electrons. The minimum Gasteiger partial charge on any atom is -0.464 e. The quantitative estimate of drug-likeness (QED) is 0.183. The highest BCUT2D eigenvalue weighted by molar-refractivity contribution is 7.10. The zero-order chi connectivity index (χ0) is 38.1. The van der Waals surface area contributed by atoms with Crippen molar-refractivity contribution >= 4 is 51.8 Å². The van der Waals surface area contributed by atoms with E-state index in [2.05, 4.69) is 54.8 Å². The van der Waals surface area contributed by atoms with Crippen LogP contribution >= 0.6 is 11.3 Å². The number of carbonyl (C=O) groups is 3. The van der Waals surface area contributed by atoms with Crippen molar-refractivity contribution in [2.24, 2.45) is 10.4 Å². The highest BCUT2D eigenvalue weighted by Gasteiger charge is 2.48. The second-order valence-corrected chi connectivity index (χ2v) is 15.6.